The fourth-order valence-corrected chi connectivity index (χ4v) is 6.99. The summed E-state index contributed by atoms with van der Waals surface area (Å²) >= 11 is 1.70. The lowest BCUT2D eigenvalue weighted by Crippen LogP contribution is -2.46. The van der Waals surface area contributed by atoms with E-state index in [0.717, 1.165) is 47.2 Å². The number of carboxylic acid groups (broad SMARTS) is 1. The number of likely N-dealkylation sites (tertiary alicyclic amines) is 1. The zero-order chi connectivity index (χ0) is 33.8. The molecule has 0 saturated carbocycles. The summed E-state index contributed by atoms with van der Waals surface area (Å²) in [4.78, 5) is 16.7. The highest BCUT2D eigenvalue weighted by atomic mass is 32.1. The minimum Gasteiger partial charge on any atom is -0.494 e. The summed E-state index contributed by atoms with van der Waals surface area (Å²) in [6.45, 7) is 6.78. The van der Waals surface area contributed by atoms with Crippen LogP contribution in [0.15, 0.2) is 78.2 Å². The Morgan fingerprint density at radius 3 is 2.53 bits per heavy atom. The van der Waals surface area contributed by atoms with Crippen molar-refractivity contribution in [1.29, 1.82) is 0 Å². The third kappa shape index (κ3) is 10.4. The number of β-amino-alcohol motifs (C(OH)–C–C–N with tert-alkyl or cyclic N) is 1. The Morgan fingerprint density at radius 2 is 1.73 bits per heavy atom. The number of amides is 1. The van der Waals surface area contributed by atoms with Crippen LogP contribution >= 0.6 is 11.3 Å². The fraction of sp³-hybridized carbons (Fsp3) is 0.447. The first-order valence-electron chi connectivity index (χ1n) is 17.1. The van der Waals surface area contributed by atoms with Gasteiger partial charge in [0.25, 0.3) is 0 Å². The highest BCUT2D eigenvalue weighted by Crippen LogP contribution is 2.33. The second-order valence-electron chi connectivity index (χ2n) is 12.6. The van der Waals surface area contributed by atoms with Crippen LogP contribution in [0, 0.1) is 0 Å². The van der Waals surface area contributed by atoms with E-state index in [1.54, 1.807) is 11.3 Å². The maximum atomic E-state index is 11.9. The van der Waals surface area contributed by atoms with Crippen molar-refractivity contribution < 1.29 is 38.7 Å². The van der Waals surface area contributed by atoms with Crippen LogP contribution in [0.1, 0.15) is 34.8 Å². The van der Waals surface area contributed by atoms with Gasteiger partial charge in [-0.05, 0) is 70.1 Å². The molecule has 2 aliphatic rings. The van der Waals surface area contributed by atoms with E-state index in [4.69, 9.17) is 23.7 Å². The number of ether oxygens (including phenoxy) is 5. The van der Waals surface area contributed by atoms with Crippen molar-refractivity contribution in [2.45, 2.75) is 44.2 Å². The lowest BCUT2D eigenvalue weighted by atomic mass is 9.87. The van der Waals surface area contributed by atoms with Gasteiger partial charge in [0.05, 0.1) is 52.3 Å². The first-order valence-corrected chi connectivity index (χ1v) is 17.9. The molecular weight excluding hydrogens is 644 g/mol. The summed E-state index contributed by atoms with van der Waals surface area (Å²) < 4.78 is 29.5. The Hall–Kier alpha value is -3.71. The maximum absolute atomic E-state index is 11.9. The molecule has 3 atom stereocenters. The van der Waals surface area contributed by atoms with E-state index in [2.05, 4.69) is 40.6 Å². The number of carbonyl (C=O) groups is 1. The van der Waals surface area contributed by atoms with Crippen LogP contribution in [-0.4, -0.2) is 104 Å². The largest absolute Gasteiger partial charge is 0.494 e. The molecule has 49 heavy (non-hydrogen) atoms. The smallest absolute Gasteiger partial charge is 0.407 e. The molecule has 0 radical (unpaired) electrons. The molecule has 11 heteroatoms. The highest BCUT2D eigenvalue weighted by Gasteiger charge is 2.33. The molecule has 0 bridgehead atoms. The van der Waals surface area contributed by atoms with Crippen LogP contribution in [0.4, 0.5) is 4.79 Å². The van der Waals surface area contributed by atoms with Gasteiger partial charge in [0, 0.05) is 43.4 Å². The topological polar surface area (TPSA) is 110 Å². The molecular formula is C38H46N2O8S. The molecule has 2 aliphatic heterocycles. The molecule has 10 nitrogen and oxygen atoms in total. The van der Waals surface area contributed by atoms with Gasteiger partial charge < -0.3 is 38.8 Å². The average Bonchev–Trinajstić information content (AvgIpc) is 3.65. The van der Waals surface area contributed by atoms with Crippen LogP contribution in [0.5, 0.6) is 11.5 Å². The van der Waals surface area contributed by atoms with E-state index in [1.807, 2.05) is 42.5 Å². The van der Waals surface area contributed by atoms with E-state index < -0.39 is 12.2 Å². The number of piperidine rings is 1. The number of fused-ring (bicyclic) bond motifs is 1. The zero-order valence-corrected chi connectivity index (χ0v) is 28.6. The van der Waals surface area contributed by atoms with Crippen molar-refractivity contribution in [3.8, 4) is 11.5 Å². The Balaban J connectivity index is 1.02. The molecule has 1 aromatic heterocycles. The van der Waals surface area contributed by atoms with Gasteiger partial charge in [-0.2, -0.15) is 0 Å². The van der Waals surface area contributed by atoms with Gasteiger partial charge in [-0.3, -0.25) is 4.90 Å². The van der Waals surface area contributed by atoms with E-state index >= 15 is 0 Å². The maximum Gasteiger partial charge on any atom is 0.407 e. The lowest BCUT2D eigenvalue weighted by molar-refractivity contribution is -0.0199. The van der Waals surface area contributed by atoms with Gasteiger partial charge in [0.15, 0.2) is 0 Å². The Bertz CT molecular complexity index is 1600. The number of aliphatic hydroxyl groups is 1. The lowest BCUT2D eigenvalue weighted by Gasteiger charge is -2.37. The number of hydrogen-bond acceptors (Lipinski definition) is 9. The minimum atomic E-state index is -0.927. The number of nitrogens with zero attached hydrogens (tertiary/aromatic N) is 2. The predicted octanol–water partition coefficient (Wildman–Crippen LogP) is 6.01. The van der Waals surface area contributed by atoms with E-state index in [-0.39, 0.29) is 18.6 Å². The van der Waals surface area contributed by atoms with Gasteiger partial charge in [0.2, 0.25) is 0 Å². The molecule has 0 aliphatic carbocycles. The molecule has 6 rings (SSSR count). The van der Waals surface area contributed by atoms with Gasteiger partial charge in [-0.1, -0.05) is 36.4 Å². The van der Waals surface area contributed by atoms with Crippen molar-refractivity contribution in [2.75, 3.05) is 65.8 Å². The van der Waals surface area contributed by atoms with Gasteiger partial charge in [-0.15, -0.1) is 11.3 Å². The van der Waals surface area contributed by atoms with Crippen molar-refractivity contribution in [3.05, 3.63) is 94.2 Å². The quantitative estimate of drug-likeness (QED) is 0.137. The number of aliphatic hydroxyl groups excluding tert-OH is 1. The number of morpholine rings is 1. The standard InChI is InChI=1S/C38H46N2O8S/c41-32(23-39-14-18-44-19-15-39)26-47-34-11-6-29-5-4-28(21-31(29)22-34)25-48-37-24-40(38(42)43)13-12-36(37)30-7-9-33(10-8-30)46-17-2-16-45-27-35-3-1-20-49-35/h1,3-11,20-22,32,36-37,41H,2,12-19,23-27H2,(H,42,43)/t32-,36-,37+/m0/s1. The van der Waals surface area contributed by atoms with Crippen LogP contribution in [-0.2, 0) is 27.4 Å². The molecule has 1 amide bonds. The van der Waals surface area contributed by atoms with Crippen molar-refractivity contribution in [1.82, 2.24) is 9.80 Å². The number of benzene rings is 3. The molecule has 2 saturated heterocycles. The van der Waals surface area contributed by atoms with Gasteiger partial charge in [0.1, 0.15) is 24.2 Å². The Kier molecular flexibility index (Phi) is 12.8. The van der Waals surface area contributed by atoms with Crippen molar-refractivity contribution >= 4 is 28.2 Å². The third-order valence-electron chi connectivity index (χ3n) is 9.02. The summed E-state index contributed by atoms with van der Waals surface area (Å²) in [6.07, 6.45) is -0.330. The first-order chi connectivity index (χ1) is 24.0. The molecule has 0 spiro atoms. The monoisotopic (exact) mass is 690 g/mol. The average molecular weight is 691 g/mol. The second kappa shape index (κ2) is 17.8. The molecule has 4 aromatic rings. The molecule has 0 unspecified atom stereocenters. The zero-order valence-electron chi connectivity index (χ0n) is 27.8. The number of rotatable bonds is 16. The molecule has 2 fully saturated rings. The third-order valence-corrected chi connectivity index (χ3v) is 9.87. The SMILES string of the molecule is O=C(O)N1CC[C@@H](c2ccc(OCCCOCc3cccs3)cc2)[C@H](OCc2ccc3ccc(OC[C@@H](O)CN4CCOCC4)cc3c2)C1. The number of hydrogen-bond donors (Lipinski definition) is 2. The normalized spacial score (nSPS) is 19.2. The second-order valence-corrected chi connectivity index (χ2v) is 13.6. The van der Waals surface area contributed by atoms with Crippen LogP contribution in [0.2, 0.25) is 0 Å². The highest BCUT2D eigenvalue weighted by molar-refractivity contribution is 7.09. The fourth-order valence-electron chi connectivity index (χ4n) is 6.35. The molecule has 262 valence electrons. The van der Waals surface area contributed by atoms with E-state index in [9.17, 15) is 15.0 Å². The summed E-state index contributed by atoms with van der Waals surface area (Å²) in [6, 6.07) is 24.3. The van der Waals surface area contributed by atoms with Gasteiger partial charge >= 0.3 is 6.09 Å². The van der Waals surface area contributed by atoms with Crippen molar-refractivity contribution in [2.24, 2.45) is 0 Å². The van der Waals surface area contributed by atoms with E-state index in [0.29, 0.717) is 71.4 Å². The van der Waals surface area contributed by atoms with Crippen LogP contribution in [0.25, 0.3) is 10.8 Å². The number of thiophene rings is 1. The summed E-state index contributed by atoms with van der Waals surface area (Å²) in [5, 5.41) is 24.4. The van der Waals surface area contributed by atoms with Crippen LogP contribution in [0.3, 0.4) is 0 Å². The predicted molar refractivity (Wildman–Crippen MR) is 189 cm³/mol. The Labute approximate surface area is 291 Å². The van der Waals surface area contributed by atoms with Crippen molar-refractivity contribution in [3.63, 3.8) is 0 Å². The Morgan fingerprint density at radius 1 is 0.918 bits per heavy atom. The molecule has 3 heterocycles. The van der Waals surface area contributed by atoms with Gasteiger partial charge in [-0.25, -0.2) is 4.79 Å². The summed E-state index contributed by atoms with van der Waals surface area (Å²) in [5.74, 6) is 1.55. The summed E-state index contributed by atoms with van der Waals surface area (Å²) in [7, 11) is 0. The summed E-state index contributed by atoms with van der Waals surface area (Å²) in [5.41, 5.74) is 2.10. The first kappa shape index (κ1) is 35.1. The van der Waals surface area contributed by atoms with Crippen LogP contribution < -0.4 is 9.47 Å². The molecule has 2 N–H and O–H groups in total. The molecule has 3 aromatic carbocycles. The van der Waals surface area contributed by atoms with E-state index in [1.165, 1.54) is 9.78 Å². The minimum absolute atomic E-state index is 0.0552.